The van der Waals surface area contributed by atoms with Crippen molar-refractivity contribution in [2.45, 2.75) is 26.7 Å². The highest BCUT2D eigenvalue weighted by molar-refractivity contribution is 6.42. The third kappa shape index (κ3) is 5.12. The number of halogens is 2. The van der Waals surface area contributed by atoms with Crippen molar-refractivity contribution in [1.82, 2.24) is 5.32 Å². The molecule has 0 bridgehead atoms. The molecule has 0 atom stereocenters. The van der Waals surface area contributed by atoms with Crippen LogP contribution >= 0.6 is 23.2 Å². The Kier molecular flexibility index (Phi) is 6.64. The first-order chi connectivity index (χ1) is 8.15. The quantitative estimate of drug-likeness (QED) is 0.594. The normalized spacial score (nSPS) is 11.9. The monoisotopic (exact) mass is 271 g/mol. The van der Waals surface area contributed by atoms with E-state index >= 15 is 0 Å². The van der Waals surface area contributed by atoms with Gasteiger partial charge in [-0.2, -0.15) is 0 Å². The van der Waals surface area contributed by atoms with Crippen molar-refractivity contribution >= 4 is 23.2 Å². The summed E-state index contributed by atoms with van der Waals surface area (Å²) < 4.78 is 0. The Morgan fingerprint density at radius 1 is 1.35 bits per heavy atom. The van der Waals surface area contributed by atoms with E-state index in [1.54, 1.807) is 0 Å². The topological polar surface area (TPSA) is 12.0 Å². The number of hydrogen-bond acceptors (Lipinski definition) is 1. The van der Waals surface area contributed by atoms with Crippen molar-refractivity contribution in [1.29, 1.82) is 0 Å². The van der Waals surface area contributed by atoms with Gasteiger partial charge in [0.1, 0.15) is 0 Å². The Balaban J connectivity index is 2.55. The molecule has 17 heavy (non-hydrogen) atoms. The molecule has 0 spiro atoms. The van der Waals surface area contributed by atoms with E-state index in [1.807, 2.05) is 18.2 Å². The van der Waals surface area contributed by atoms with Crippen molar-refractivity contribution in [2.24, 2.45) is 0 Å². The van der Waals surface area contributed by atoms with Crippen LogP contribution in [0.4, 0.5) is 0 Å². The second kappa shape index (κ2) is 7.75. The van der Waals surface area contributed by atoms with Crippen LogP contribution in [0, 0.1) is 0 Å². The molecule has 0 heterocycles. The molecule has 3 heteroatoms. The van der Waals surface area contributed by atoms with E-state index in [9.17, 15) is 0 Å². The first kappa shape index (κ1) is 14.6. The van der Waals surface area contributed by atoms with Crippen LogP contribution in [0.2, 0.25) is 10.0 Å². The summed E-state index contributed by atoms with van der Waals surface area (Å²) in [7, 11) is 0. The molecule has 0 saturated heterocycles. The molecule has 0 radical (unpaired) electrons. The lowest BCUT2D eigenvalue weighted by Gasteiger charge is -2.06. The zero-order valence-electron chi connectivity index (χ0n) is 10.4. The van der Waals surface area contributed by atoms with Gasteiger partial charge in [0.2, 0.25) is 0 Å². The Hall–Kier alpha value is -0.500. The molecule has 0 aromatic heterocycles. The van der Waals surface area contributed by atoms with Gasteiger partial charge in [-0.25, -0.2) is 0 Å². The predicted octanol–water partition coefficient (Wildman–Crippen LogP) is 4.48. The van der Waals surface area contributed by atoms with E-state index < -0.39 is 0 Å². The molecule has 0 fully saturated rings. The maximum atomic E-state index is 6.15. The Bertz CT molecular complexity index is 386. The molecular weight excluding hydrogens is 253 g/mol. The van der Waals surface area contributed by atoms with Gasteiger partial charge in [-0.1, -0.05) is 53.9 Å². The highest BCUT2D eigenvalue weighted by atomic mass is 35.5. The van der Waals surface area contributed by atoms with Crippen molar-refractivity contribution < 1.29 is 0 Å². The van der Waals surface area contributed by atoms with Crippen LogP contribution < -0.4 is 5.32 Å². The summed E-state index contributed by atoms with van der Waals surface area (Å²) in [6.45, 7) is 6.29. The van der Waals surface area contributed by atoms with Crippen molar-refractivity contribution in [3.8, 4) is 0 Å². The highest BCUT2D eigenvalue weighted by Crippen LogP contribution is 2.27. The Morgan fingerprint density at radius 2 is 2.12 bits per heavy atom. The minimum atomic E-state index is 0.629. The van der Waals surface area contributed by atoms with Gasteiger partial charge in [0.15, 0.2) is 0 Å². The van der Waals surface area contributed by atoms with Gasteiger partial charge in [0, 0.05) is 0 Å². The maximum absolute atomic E-state index is 6.15. The van der Waals surface area contributed by atoms with E-state index in [4.69, 9.17) is 23.2 Å². The van der Waals surface area contributed by atoms with Gasteiger partial charge in [-0.05, 0) is 44.5 Å². The van der Waals surface area contributed by atoms with Gasteiger partial charge in [0.05, 0.1) is 10.0 Å². The first-order valence-corrected chi connectivity index (χ1v) is 6.70. The Morgan fingerprint density at radius 3 is 2.82 bits per heavy atom. The summed E-state index contributed by atoms with van der Waals surface area (Å²) in [6, 6.07) is 5.78. The van der Waals surface area contributed by atoms with Crippen LogP contribution in [0.15, 0.2) is 29.8 Å². The van der Waals surface area contributed by atoms with Crippen LogP contribution in [0.5, 0.6) is 0 Å². The molecule has 0 unspecified atom stereocenters. The van der Waals surface area contributed by atoms with Crippen LogP contribution in [0.3, 0.4) is 0 Å². The molecule has 0 aliphatic carbocycles. The van der Waals surface area contributed by atoms with Crippen LogP contribution in [-0.4, -0.2) is 13.1 Å². The van der Waals surface area contributed by atoms with E-state index in [0.717, 1.165) is 31.5 Å². The van der Waals surface area contributed by atoms with Crippen molar-refractivity contribution in [3.63, 3.8) is 0 Å². The fraction of sp³-hybridized carbons (Fsp3) is 0.429. The van der Waals surface area contributed by atoms with Crippen molar-refractivity contribution in [2.75, 3.05) is 13.1 Å². The maximum Gasteiger partial charge on any atom is 0.0627 e. The Labute approximate surface area is 114 Å². The predicted molar refractivity (Wildman–Crippen MR) is 77.1 cm³/mol. The molecule has 0 aliphatic rings. The van der Waals surface area contributed by atoms with Gasteiger partial charge >= 0.3 is 0 Å². The average molecular weight is 272 g/mol. The summed E-state index contributed by atoms with van der Waals surface area (Å²) in [5.74, 6) is 0. The molecule has 1 N–H and O–H groups in total. The number of hydrogen-bond donors (Lipinski definition) is 1. The zero-order chi connectivity index (χ0) is 12.7. The lowest BCUT2D eigenvalue weighted by Crippen LogP contribution is -2.13. The molecule has 0 aliphatic heterocycles. The summed E-state index contributed by atoms with van der Waals surface area (Å²) >= 11 is 12.1. The van der Waals surface area contributed by atoms with E-state index in [2.05, 4.69) is 25.2 Å². The summed E-state index contributed by atoms with van der Waals surface area (Å²) in [6.07, 6.45) is 4.17. The number of allylic oxidation sites excluding steroid dienone is 1. The molecule has 1 aromatic rings. The second-order valence-electron chi connectivity index (χ2n) is 4.08. The minimum Gasteiger partial charge on any atom is -0.317 e. The fourth-order valence-corrected chi connectivity index (χ4v) is 2.04. The molecule has 1 rings (SSSR count). The minimum absolute atomic E-state index is 0.629. The first-order valence-electron chi connectivity index (χ1n) is 5.94. The lowest BCUT2D eigenvalue weighted by molar-refractivity contribution is 0.724. The van der Waals surface area contributed by atoms with E-state index in [-0.39, 0.29) is 0 Å². The SMILES string of the molecule is CCNCC/C=C(/C)Cc1cccc(Cl)c1Cl. The molecular formula is C14H19Cl2N. The standard InChI is InChI=1S/C14H19Cl2N/c1-3-17-9-5-6-11(2)10-12-7-4-8-13(15)14(12)16/h4,6-8,17H,3,5,9-10H2,1-2H3/b11-6-. The van der Waals surface area contributed by atoms with Crippen LogP contribution in [-0.2, 0) is 6.42 Å². The summed E-state index contributed by atoms with van der Waals surface area (Å²) in [5.41, 5.74) is 2.42. The zero-order valence-corrected chi connectivity index (χ0v) is 11.9. The van der Waals surface area contributed by atoms with E-state index in [0.29, 0.717) is 10.0 Å². The molecule has 0 saturated carbocycles. The molecule has 0 amide bonds. The summed E-state index contributed by atoms with van der Waals surface area (Å²) in [5, 5.41) is 4.60. The number of rotatable bonds is 6. The smallest absolute Gasteiger partial charge is 0.0627 e. The van der Waals surface area contributed by atoms with Crippen LogP contribution in [0.1, 0.15) is 25.8 Å². The van der Waals surface area contributed by atoms with Gasteiger partial charge in [0.25, 0.3) is 0 Å². The van der Waals surface area contributed by atoms with Crippen LogP contribution in [0.25, 0.3) is 0 Å². The summed E-state index contributed by atoms with van der Waals surface area (Å²) in [4.78, 5) is 0. The van der Waals surface area contributed by atoms with Gasteiger partial charge in [-0.3, -0.25) is 0 Å². The number of nitrogens with one attached hydrogen (secondary N) is 1. The molecule has 1 nitrogen and oxygen atoms in total. The largest absolute Gasteiger partial charge is 0.317 e. The third-order valence-corrected chi connectivity index (χ3v) is 3.42. The van der Waals surface area contributed by atoms with Gasteiger partial charge < -0.3 is 5.32 Å². The van der Waals surface area contributed by atoms with Crippen molar-refractivity contribution in [3.05, 3.63) is 45.5 Å². The molecule has 1 aromatic carbocycles. The van der Waals surface area contributed by atoms with Gasteiger partial charge in [-0.15, -0.1) is 0 Å². The average Bonchev–Trinajstić information content (AvgIpc) is 2.31. The second-order valence-corrected chi connectivity index (χ2v) is 4.87. The fourth-order valence-electron chi connectivity index (χ4n) is 1.65. The highest BCUT2D eigenvalue weighted by Gasteiger charge is 2.04. The van der Waals surface area contributed by atoms with E-state index in [1.165, 1.54) is 5.57 Å². The molecule has 94 valence electrons. The number of benzene rings is 1. The lowest BCUT2D eigenvalue weighted by atomic mass is 10.1. The third-order valence-electron chi connectivity index (χ3n) is 2.56.